The van der Waals surface area contributed by atoms with Gasteiger partial charge in [-0.05, 0) is 0 Å². The van der Waals surface area contributed by atoms with E-state index >= 15 is 0 Å². The van der Waals surface area contributed by atoms with Crippen LogP contribution in [0.1, 0.15) is 27.7 Å². The molecule has 0 rings (SSSR count). The Morgan fingerprint density at radius 1 is 0.500 bits per heavy atom. The largest absolute Gasteiger partial charge is 3.00 e. The van der Waals surface area contributed by atoms with Crippen molar-refractivity contribution >= 4 is 0 Å². The van der Waals surface area contributed by atoms with Crippen LogP contribution in [0.25, 0.3) is 0 Å². The molecule has 2 heteroatoms. The molecular weight excluding hydrogens is 274 g/mol. The van der Waals surface area contributed by atoms with Crippen LogP contribution in [0.4, 0.5) is 0 Å². The molecular formula is C8H24Y2-. The molecule has 0 saturated carbocycles. The van der Waals surface area contributed by atoms with Gasteiger partial charge in [0.05, 0.1) is 0 Å². The Balaban J connectivity index is -0.000000000833. The fraction of sp³-hybridized carbons (Fsp3) is 0.500. The summed E-state index contributed by atoms with van der Waals surface area (Å²) in [5.74, 6) is 0. The molecule has 10 heavy (non-hydrogen) atoms. The van der Waals surface area contributed by atoms with Gasteiger partial charge < -0.3 is 29.7 Å². The number of rotatable bonds is 0. The Morgan fingerprint density at radius 2 is 0.500 bits per heavy atom. The predicted molar refractivity (Wildman–Crippen MR) is 48.4 cm³/mol. The molecule has 0 aromatic carbocycles. The molecule has 0 spiro atoms. The minimum absolute atomic E-state index is 0. The second kappa shape index (κ2) is 240. The Bertz CT molecular complexity index is 7.22. The van der Waals surface area contributed by atoms with E-state index in [9.17, 15) is 0 Å². The summed E-state index contributed by atoms with van der Waals surface area (Å²) in [6, 6.07) is 0. The van der Waals surface area contributed by atoms with Crippen LogP contribution < -0.4 is 0 Å². The smallest absolute Gasteiger partial charge is 0.358 e. The first-order valence-corrected chi connectivity index (χ1v) is 2.00. The molecule has 63 valence electrons. The molecule has 0 N–H and O–H groups in total. The molecule has 0 aliphatic rings. The van der Waals surface area contributed by atoms with Crippen LogP contribution >= 0.6 is 0 Å². The zero-order valence-electron chi connectivity index (χ0n) is 9.15. The predicted octanol–water partition coefficient (Wildman–Crippen LogP) is 3.85. The van der Waals surface area contributed by atoms with Crippen molar-refractivity contribution in [1.82, 2.24) is 0 Å². The molecule has 0 heterocycles. The van der Waals surface area contributed by atoms with E-state index < -0.39 is 0 Å². The van der Waals surface area contributed by atoms with Crippen LogP contribution in [0.3, 0.4) is 0 Å². The standard InChI is InChI=1S/2C2H6.4CH3.2Y/c2*1-2;;;;;;/h2*1-2H3;4*1H3;;/q;;4*-1;;+3. The summed E-state index contributed by atoms with van der Waals surface area (Å²) >= 11 is 0. The Kier molecular flexibility index (Phi) is 2080. The van der Waals surface area contributed by atoms with E-state index in [1.54, 1.807) is 0 Å². The van der Waals surface area contributed by atoms with Crippen molar-refractivity contribution in [1.29, 1.82) is 0 Å². The monoisotopic (exact) mass is 298 g/mol. The van der Waals surface area contributed by atoms with Crippen molar-refractivity contribution in [2.75, 3.05) is 0 Å². The van der Waals surface area contributed by atoms with Gasteiger partial charge in [-0.3, -0.25) is 0 Å². The molecule has 0 fully saturated rings. The summed E-state index contributed by atoms with van der Waals surface area (Å²) in [6.45, 7) is 8.00. The van der Waals surface area contributed by atoms with Crippen molar-refractivity contribution in [3.8, 4) is 0 Å². The van der Waals surface area contributed by atoms with Crippen molar-refractivity contribution in [3.05, 3.63) is 29.7 Å². The van der Waals surface area contributed by atoms with Crippen molar-refractivity contribution in [2.24, 2.45) is 0 Å². The maximum absolute atomic E-state index is 2.00. The van der Waals surface area contributed by atoms with E-state index in [2.05, 4.69) is 0 Å². The van der Waals surface area contributed by atoms with Gasteiger partial charge >= 0.3 is 32.7 Å². The average Bonchev–Trinajstić information content (AvgIpc) is 1.50. The summed E-state index contributed by atoms with van der Waals surface area (Å²) in [5, 5.41) is 0. The van der Waals surface area contributed by atoms with Crippen molar-refractivity contribution < 1.29 is 65.4 Å². The van der Waals surface area contributed by atoms with Crippen LogP contribution in [0, 0.1) is 29.7 Å². The third kappa shape index (κ3) is 178. The Hall–Kier alpha value is 2.21. The summed E-state index contributed by atoms with van der Waals surface area (Å²) in [5.41, 5.74) is 0. The van der Waals surface area contributed by atoms with E-state index in [-0.39, 0.29) is 95.1 Å². The molecule has 0 aliphatic carbocycles. The third-order valence-electron chi connectivity index (χ3n) is 0. The number of hydrogen-bond acceptors (Lipinski definition) is 0. The second-order valence-corrected chi connectivity index (χ2v) is 0. The fourth-order valence-corrected chi connectivity index (χ4v) is 0. The van der Waals surface area contributed by atoms with Crippen molar-refractivity contribution in [2.45, 2.75) is 27.7 Å². The first kappa shape index (κ1) is 86.6. The first-order valence-electron chi connectivity index (χ1n) is 2.00. The summed E-state index contributed by atoms with van der Waals surface area (Å²) in [4.78, 5) is 0. The molecule has 1 radical (unpaired) electrons. The Morgan fingerprint density at radius 3 is 0.500 bits per heavy atom. The second-order valence-electron chi connectivity index (χ2n) is 0. The number of hydrogen-bond donors (Lipinski definition) is 0. The van der Waals surface area contributed by atoms with E-state index in [0.717, 1.165) is 0 Å². The van der Waals surface area contributed by atoms with Gasteiger partial charge in [0.25, 0.3) is 0 Å². The van der Waals surface area contributed by atoms with Crippen LogP contribution in [0.15, 0.2) is 0 Å². The van der Waals surface area contributed by atoms with Gasteiger partial charge in [0, 0.05) is 32.7 Å². The fourth-order valence-electron chi connectivity index (χ4n) is 0. The first-order chi connectivity index (χ1) is 2.00. The maximum Gasteiger partial charge on any atom is 3.00 e. The van der Waals surface area contributed by atoms with Gasteiger partial charge in [-0.2, -0.15) is 0 Å². The SMILES string of the molecule is CC.CC.[CH3-].[CH3-].[CH3-].[CH3-].[Y+3].[Y]. The quantitative estimate of drug-likeness (QED) is 0.596. The van der Waals surface area contributed by atoms with Gasteiger partial charge in [-0.25, -0.2) is 0 Å². The molecule has 0 atom stereocenters. The van der Waals surface area contributed by atoms with Gasteiger partial charge in [0.1, 0.15) is 0 Å². The molecule has 0 bridgehead atoms. The normalized spacial score (nSPS) is 1.20. The maximum atomic E-state index is 2.00. The van der Waals surface area contributed by atoms with Gasteiger partial charge in [-0.15, -0.1) is 0 Å². The van der Waals surface area contributed by atoms with E-state index in [1.165, 1.54) is 0 Å². The minimum Gasteiger partial charge on any atom is -0.358 e. The molecule has 0 nitrogen and oxygen atoms in total. The van der Waals surface area contributed by atoms with Crippen LogP contribution in [0.2, 0.25) is 0 Å². The average molecular weight is 298 g/mol. The topological polar surface area (TPSA) is 0 Å². The molecule has 0 aromatic rings. The van der Waals surface area contributed by atoms with E-state index in [1.807, 2.05) is 27.7 Å². The molecule has 0 aliphatic heterocycles. The zero-order chi connectivity index (χ0) is 4.00. The van der Waals surface area contributed by atoms with Crippen LogP contribution in [0.5, 0.6) is 0 Å². The van der Waals surface area contributed by atoms with E-state index in [0.29, 0.717) is 0 Å². The van der Waals surface area contributed by atoms with Gasteiger partial charge in [0.2, 0.25) is 0 Å². The molecule has 0 amide bonds. The van der Waals surface area contributed by atoms with Crippen LogP contribution in [-0.4, -0.2) is 0 Å². The molecule has 0 unspecified atom stereocenters. The molecule has 0 aromatic heterocycles. The summed E-state index contributed by atoms with van der Waals surface area (Å²) < 4.78 is 0. The van der Waals surface area contributed by atoms with Gasteiger partial charge in [-0.1, -0.05) is 27.7 Å². The summed E-state index contributed by atoms with van der Waals surface area (Å²) in [6.07, 6.45) is 0. The van der Waals surface area contributed by atoms with Gasteiger partial charge in [0.15, 0.2) is 0 Å². The van der Waals surface area contributed by atoms with E-state index in [4.69, 9.17) is 0 Å². The third-order valence-corrected chi connectivity index (χ3v) is 0. The zero-order valence-corrected chi connectivity index (χ0v) is 14.8. The minimum atomic E-state index is 0. The summed E-state index contributed by atoms with van der Waals surface area (Å²) in [7, 11) is 0. The van der Waals surface area contributed by atoms with Crippen LogP contribution in [-0.2, 0) is 65.4 Å². The molecule has 0 saturated heterocycles. The Labute approximate surface area is 121 Å². The van der Waals surface area contributed by atoms with Crippen molar-refractivity contribution in [3.63, 3.8) is 0 Å².